The first-order valence-corrected chi connectivity index (χ1v) is 7.84. The SMILES string of the molecule is Cc1cc(NS(=O)(=O)c2c(C)cc(NN)cc2C)n(C)n1. The molecule has 2 rings (SSSR count). The van der Waals surface area contributed by atoms with Crippen LogP contribution in [0.2, 0.25) is 0 Å². The van der Waals surface area contributed by atoms with E-state index >= 15 is 0 Å². The van der Waals surface area contributed by atoms with Crippen LogP contribution in [0.3, 0.4) is 0 Å². The Kier molecular flexibility index (Phi) is 3.93. The summed E-state index contributed by atoms with van der Waals surface area (Å²) in [5.74, 6) is 5.79. The van der Waals surface area contributed by atoms with Gasteiger partial charge in [-0.15, -0.1) is 0 Å². The monoisotopic (exact) mass is 309 g/mol. The second-order valence-corrected chi connectivity index (χ2v) is 6.60. The van der Waals surface area contributed by atoms with E-state index in [-0.39, 0.29) is 4.90 Å². The molecular weight excluding hydrogens is 290 g/mol. The standard InChI is InChI=1S/C13H19N5O2S/c1-8-5-11(15-14)6-9(2)13(8)21(19,20)17-12-7-10(3)16-18(12)4/h5-7,15,17H,14H2,1-4H3. The molecule has 0 spiro atoms. The summed E-state index contributed by atoms with van der Waals surface area (Å²) < 4.78 is 29.3. The number of rotatable bonds is 4. The van der Waals surface area contributed by atoms with E-state index in [4.69, 9.17) is 5.84 Å². The van der Waals surface area contributed by atoms with Crippen molar-refractivity contribution in [1.29, 1.82) is 0 Å². The summed E-state index contributed by atoms with van der Waals surface area (Å²) in [7, 11) is -2.00. The van der Waals surface area contributed by atoms with Gasteiger partial charge in [0.2, 0.25) is 0 Å². The molecule has 0 atom stereocenters. The highest BCUT2D eigenvalue weighted by Gasteiger charge is 2.21. The van der Waals surface area contributed by atoms with Crippen LogP contribution in [0.4, 0.5) is 11.5 Å². The Morgan fingerprint density at radius 2 is 1.71 bits per heavy atom. The number of nitrogens with one attached hydrogen (secondary N) is 2. The number of benzene rings is 1. The topological polar surface area (TPSA) is 102 Å². The summed E-state index contributed by atoms with van der Waals surface area (Å²) in [6.07, 6.45) is 0. The minimum absolute atomic E-state index is 0.250. The summed E-state index contributed by atoms with van der Waals surface area (Å²) in [5.41, 5.74) is 5.17. The molecule has 0 saturated heterocycles. The van der Waals surface area contributed by atoms with Crippen molar-refractivity contribution in [3.05, 3.63) is 35.0 Å². The molecule has 0 bridgehead atoms. The molecule has 8 heteroatoms. The van der Waals surface area contributed by atoms with Crippen LogP contribution in [-0.4, -0.2) is 18.2 Å². The van der Waals surface area contributed by atoms with Gasteiger partial charge < -0.3 is 5.43 Å². The average Bonchev–Trinajstić information content (AvgIpc) is 2.65. The third kappa shape index (κ3) is 3.01. The maximum Gasteiger partial charge on any atom is 0.263 e. The van der Waals surface area contributed by atoms with E-state index in [1.165, 1.54) is 4.68 Å². The number of nitrogen functional groups attached to an aromatic ring is 1. The fourth-order valence-corrected chi connectivity index (χ4v) is 3.89. The van der Waals surface area contributed by atoms with Gasteiger partial charge in [-0.1, -0.05) is 0 Å². The molecule has 4 N–H and O–H groups in total. The highest BCUT2D eigenvalue weighted by atomic mass is 32.2. The van der Waals surface area contributed by atoms with E-state index in [1.807, 2.05) is 0 Å². The first-order valence-electron chi connectivity index (χ1n) is 6.36. The third-order valence-electron chi connectivity index (χ3n) is 3.14. The fraction of sp³-hybridized carbons (Fsp3) is 0.308. The lowest BCUT2D eigenvalue weighted by atomic mass is 10.1. The Morgan fingerprint density at radius 1 is 1.14 bits per heavy atom. The number of sulfonamides is 1. The minimum Gasteiger partial charge on any atom is -0.324 e. The van der Waals surface area contributed by atoms with Crippen molar-refractivity contribution in [1.82, 2.24) is 9.78 Å². The second kappa shape index (κ2) is 5.38. The lowest BCUT2D eigenvalue weighted by Gasteiger charge is -2.14. The van der Waals surface area contributed by atoms with Crippen LogP contribution in [0, 0.1) is 20.8 Å². The molecule has 114 valence electrons. The van der Waals surface area contributed by atoms with Crippen molar-refractivity contribution < 1.29 is 8.42 Å². The van der Waals surface area contributed by atoms with Gasteiger partial charge in [0.15, 0.2) is 0 Å². The zero-order valence-corrected chi connectivity index (χ0v) is 13.2. The molecule has 0 aliphatic heterocycles. The first kappa shape index (κ1) is 15.3. The molecule has 0 unspecified atom stereocenters. The average molecular weight is 309 g/mol. The molecule has 21 heavy (non-hydrogen) atoms. The van der Waals surface area contributed by atoms with Crippen molar-refractivity contribution >= 4 is 21.5 Å². The van der Waals surface area contributed by atoms with Gasteiger partial charge in [-0.3, -0.25) is 15.2 Å². The van der Waals surface area contributed by atoms with Crippen molar-refractivity contribution in [3.63, 3.8) is 0 Å². The van der Waals surface area contributed by atoms with E-state index in [1.54, 1.807) is 46.0 Å². The Hall–Kier alpha value is -2.06. The molecule has 0 aliphatic rings. The molecule has 1 aromatic carbocycles. The van der Waals surface area contributed by atoms with Crippen molar-refractivity contribution in [2.24, 2.45) is 12.9 Å². The van der Waals surface area contributed by atoms with Gasteiger partial charge >= 0.3 is 0 Å². The molecule has 0 radical (unpaired) electrons. The van der Waals surface area contributed by atoms with Crippen LogP contribution in [0.1, 0.15) is 16.8 Å². The zero-order chi connectivity index (χ0) is 15.8. The van der Waals surface area contributed by atoms with E-state index in [0.29, 0.717) is 22.6 Å². The summed E-state index contributed by atoms with van der Waals surface area (Å²) in [6.45, 7) is 5.27. The van der Waals surface area contributed by atoms with Crippen LogP contribution in [0.15, 0.2) is 23.1 Å². The summed E-state index contributed by atoms with van der Waals surface area (Å²) >= 11 is 0. The zero-order valence-electron chi connectivity index (χ0n) is 12.4. The summed E-state index contributed by atoms with van der Waals surface area (Å²) in [5, 5.41) is 4.12. The smallest absolute Gasteiger partial charge is 0.263 e. The maximum atomic E-state index is 12.6. The second-order valence-electron chi connectivity index (χ2n) is 4.98. The van der Waals surface area contributed by atoms with Crippen LogP contribution in [-0.2, 0) is 17.1 Å². The Balaban J connectivity index is 2.47. The Labute approximate surface area is 124 Å². The van der Waals surface area contributed by atoms with Gasteiger partial charge in [0.05, 0.1) is 10.6 Å². The van der Waals surface area contributed by atoms with Gasteiger partial charge in [-0.25, -0.2) is 8.42 Å². The van der Waals surface area contributed by atoms with Gasteiger partial charge in [0.25, 0.3) is 10.0 Å². The van der Waals surface area contributed by atoms with Crippen LogP contribution in [0.25, 0.3) is 0 Å². The first-order chi connectivity index (χ1) is 9.74. The number of anilines is 2. The maximum absolute atomic E-state index is 12.6. The minimum atomic E-state index is -3.69. The number of aryl methyl sites for hydroxylation is 4. The quantitative estimate of drug-likeness (QED) is 0.586. The van der Waals surface area contributed by atoms with Crippen molar-refractivity contribution in [3.8, 4) is 0 Å². The highest BCUT2D eigenvalue weighted by molar-refractivity contribution is 7.92. The molecule has 1 heterocycles. The van der Waals surface area contributed by atoms with E-state index in [9.17, 15) is 8.42 Å². The number of nitrogens with two attached hydrogens (primary N) is 1. The number of nitrogens with zero attached hydrogens (tertiary/aromatic N) is 2. The predicted molar refractivity (Wildman–Crippen MR) is 82.5 cm³/mol. The molecule has 2 aromatic rings. The normalized spacial score (nSPS) is 11.5. The fourth-order valence-electron chi connectivity index (χ4n) is 2.35. The van der Waals surface area contributed by atoms with Gasteiger partial charge in [-0.2, -0.15) is 5.10 Å². The predicted octanol–water partition coefficient (Wildman–Crippen LogP) is 1.43. The largest absolute Gasteiger partial charge is 0.324 e. The van der Waals surface area contributed by atoms with Crippen LogP contribution in [0.5, 0.6) is 0 Å². The number of hydrazine groups is 1. The summed E-state index contributed by atoms with van der Waals surface area (Å²) in [6, 6.07) is 5.06. The van der Waals surface area contributed by atoms with Crippen molar-refractivity contribution in [2.75, 3.05) is 10.1 Å². The molecule has 0 amide bonds. The van der Waals surface area contributed by atoms with Gasteiger partial charge in [0, 0.05) is 18.8 Å². The number of hydrogen-bond donors (Lipinski definition) is 3. The Bertz CT molecular complexity index is 757. The lowest BCUT2D eigenvalue weighted by Crippen LogP contribution is -2.18. The third-order valence-corrected chi connectivity index (χ3v) is 4.80. The van der Waals surface area contributed by atoms with E-state index in [2.05, 4.69) is 15.2 Å². The molecular formula is C13H19N5O2S. The highest BCUT2D eigenvalue weighted by Crippen LogP contribution is 2.26. The van der Waals surface area contributed by atoms with E-state index in [0.717, 1.165) is 5.69 Å². The van der Waals surface area contributed by atoms with Crippen LogP contribution >= 0.6 is 0 Å². The molecule has 7 nitrogen and oxygen atoms in total. The van der Waals surface area contributed by atoms with E-state index < -0.39 is 10.0 Å². The molecule has 0 aliphatic carbocycles. The van der Waals surface area contributed by atoms with Gasteiger partial charge in [0.1, 0.15) is 5.82 Å². The molecule has 1 aromatic heterocycles. The van der Waals surface area contributed by atoms with Gasteiger partial charge in [-0.05, 0) is 44.0 Å². The number of hydrogen-bond acceptors (Lipinski definition) is 5. The van der Waals surface area contributed by atoms with Crippen molar-refractivity contribution in [2.45, 2.75) is 25.7 Å². The Morgan fingerprint density at radius 3 is 2.14 bits per heavy atom. The molecule has 0 fully saturated rings. The lowest BCUT2D eigenvalue weighted by molar-refractivity contribution is 0.599. The van der Waals surface area contributed by atoms with Crippen LogP contribution < -0.4 is 16.0 Å². The summed E-state index contributed by atoms with van der Waals surface area (Å²) in [4.78, 5) is 0.250. The number of aromatic nitrogens is 2. The molecule has 0 saturated carbocycles.